The fourth-order valence-corrected chi connectivity index (χ4v) is 4.99. The van der Waals surface area contributed by atoms with Crippen LogP contribution in [0.1, 0.15) is 36.5 Å². The number of anilines is 2. The minimum absolute atomic E-state index is 0.0126. The monoisotopic (exact) mass is 397 g/mol. The van der Waals surface area contributed by atoms with Gasteiger partial charge in [-0.3, -0.25) is 14.9 Å². The molecule has 4 rings (SSSR count). The summed E-state index contributed by atoms with van der Waals surface area (Å²) in [6.07, 6.45) is 2.95. The smallest absolute Gasteiger partial charge is 0.293 e. The van der Waals surface area contributed by atoms with Gasteiger partial charge < -0.3 is 9.80 Å². The highest BCUT2D eigenvalue weighted by molar-refractivity contribution is 8.00. The Balaban J connectivity index is 1.70. The van der Waals surface area contributed by atoms with Crippen LogP contribution in [0.25, 0.3) is 0 Å². The molecule has 2 heterocycles. The fraction of sp³-hybridized carbons (Fsp3) is 0.381. The zero-order chi connectivity index (χ0) is 19.7. The molecule has 1 unspecified atom stereocenters. The van der Waals surface area contributed by atoms with Gasteiger partial charge in [0.25, 0.3) is 11.6 Å². The lowest BCUT2D eigenvalue weighted by molar-refractivity contribution is -0.384. The number of carbonyl (C=O) groups is 1. The van der Waals surface area contributed by atoms with Crippen LogP contribution in [0.4, 0.5) is 17.1 Å². The molecule has 2 aliphatic heterocycles. The van der Waals surface area contributed by atoms with Crippen molar-refractivity contribution in [2.45, 2.75) is 36.3 Å². The molecule has 6 nitrogen and oxygen atoms in total. The topological polar surface area (TPSA) is 66.7 Å². The maximum Gasteiger partial charge on any atom is 0.293 e. The van der Waals surface area contributed by atoms with Crippen molar-refractivity contribution in [1.29, 1.82) is 0 Å². The molecular formula is C21H23N3O3S. The molecule has 0 spiro atoms. The summed E-state index contributed by atoms with van der Waals surface area (Å²) in [6, 6.07) is 12.8. The normalized spacial score (nSPS) is 19.2. The van der Waals surface area contributed by atoms with Gasteiger partial charge in [-0.05, 0) is 43.5 Å². The van der Waals surface area contributed by atoms with Gasteiger partial charge in [0.2, 0.25) is 0 Å². The lowest BCUT2D eigenvalue weighted by atomic mass is 10.1. The molecule has 2 aliphatic rings. The number of nitrogens with zero attached hydrogens (tertiary/aromatic N) is 3. The van der Waals surface area contributed by atoms with E-state index in [2.05, 4.69) is 6.92 Å². The van der Waals surface area contributed by atoms with E-state index in [1.165, 1.54) is 6.07 Å². The second kappa shape index (κ2) is 7.83. The van der Waals surface area contributed by atoms with Crippen molar-refractivity contribution in [1.82, 2.24) is 0 Å². The average Bonchev–Trinajstić information content (AvgIpc) is 3.17. The fourth-order valence-electron chi connectivity index (χ4n) is 3.88. The van der Waals surface area contributed by atoms with E-state index in [4.69, 9.17) is 0 Å². The molecule has 0 bridgehead atoms. The molecule has 1 fully saturated rings. The van der Waals surface area contributed by atoms with Crippen LogP contribution in [0.15, 0.2) is 47.4 Å². The van der Waals surface area contributed by atoms with Crippen molar-refractivity contribution in [3.05, 3.63) is 58.1 Å². The third-order valence-corrected chi connectivity index (χ3v) is 6.59. The molecule has 2 aromatic rings. The Morgan fingerprint density at radius 1 is 1.11 bits per heavy atom. The number of para-hydroxylation sites is 1. The molecule has 1 saturated heterocycles. The van der Waals surface area contributed by atoms with Crippen LogP contribution in [0.3, 0.4) is 0 Å². The zero-order valence-corrected chi connectivity index (χ0v) is 16.7. The molecule has 0 N–H and O–H groups in total. The number of nitro groups is 1. The summed E-state index contributed by atoms with van der Waals surface area (Å²) in [6.45, 7) is 4.41. The summed E-state index contributed by atoms with van der Waals surface area (Å²) in [4.78, 5) is 29.5. The number of carbonyl (C=O) groups excluding carboxylic acids is 1. The van der Waals surface area contributed by atoms with Gasteiger partial charge in [-0.1, -0.05) is 19.1 Å². The van der Waals surface area contributed by atoms with E-state index in [-0.39, 0.29) is 16.5 Å². The molecule has 0 aromatic heterocycles. The Hall–Kier alpha value is -2.54. The molecule has 28 heavy (non-hydrogen) atoms. The lowest BCUT2D eigenvalue weighted by Gasteiger charge is -2.23. The van der Waals surface area contributed by atoms with Crippen molar-refractivity contribution in [3.8, 4) is 0 Å². The number of fused-ring (bicyclic) bond motifs is 1. The first-order chi connectivity index (χ1) is 13.5. The Kier molecular flexibility index (Phi) is 5.26. The van der Waals surface area contributed by atoms with Crippen molar-refractivity contribution in [3.63, 3.8) is 0 Å². The van der Waals surface area contributed by atoms with Gasteiger partial charge >= 0.3 is 0 Å². The maximum absolute atomic E-state index is 13.3. The van der Waals surface area contributed by atoms with Crippen LogP contribution < -0.4 is 9.80 Å². The van der Waals surface area contributed by atoms with E-state index in [0.29, 0.717) is 23.0 Å². The summed E-state index contributed by atoms with van der Waals surface area (Å²) >= 11 is 1.77. The first-order valence-corrected chi connectivity index (χ1v) is 10.5. The van der Waals surface area contributed by atoms with Crippen molar-refractivity contribution >= 4 is 34.7 Å². The number of benzene rings is 2. The molecule has 7 heteroatoms. The molecule has 146 valence electrons. The maximum atomic E-state index is 13.3. The molecule has 0 aliphatic carbocycles. The van der Waals surface area contributed by atoms with Crippen molar-refractivity contribution in [2.24, 2.45) is 0 Å². The predicted octanol–water partition coefficient (Wildman–Crippen LogP) is 4.73. The molecule has 2 aromatic carbocycles. The highest BCUT2D eigenvalue weighted by Gasteiger charge is 2.28. The quantitative estimate of drug-likeness (QED) is 0.553. The molecule has 0 radical (unpaired) electrons. The highest BCUT2D eigenvalue weighted by Crippen LogP contribution is 2.38. The van der Waals surface area contributed by atoms with Crippen LogP contribution in [0, 0.1) is 10.1 Å². The summed E-state index contributed by atoms with van der Waals surface area (Å²) < 4.78 is 0. The summed E-state index contributed by atoms with van der Waals surface area (Å²) in [5.74, 6) is -0.182. The number of hydrogen-bond acceptors (Lipinski definition) is 5. The molecule has 1 amide bonds. The zero-order valence-electron chi connectivity index (χ0n) is 15.8. The van der Waals surface area contributed by atoms with Gasteiger partial charge in [-0.25, -0.2) is 0 Å². The minimum Gasteiger partial charge on any atom is -0.366 e. The molecule has 1 atom stereocenters. The summed E-state index contributed by atoms with van der Waals surface area (Å²) in [5.41, 5.74) is 1.87. The summed E-state index contributed by atoms with van der Waals surface area (Å²) in [7, 11) is 0. The Morgan fingerprint density at radius 2 is 1.86 bits per heavy atom. The standard InChI is InChI=1S/C21H23N3O3S/c1-15-10-13-23(18-6-2-3-7-20(18)28-15)21(25)16-8-9-17(19(14-16)24(26)27)22-11-4-5-12-22/h2-3,6-9,14-15H,4-5,10-13H2,1H3. The third-order valence-electron chi connectivity index (χ3n) is 5.35. The molecule has 0 saturated carbocycles. The minimum atomic E-state index is -0.376. The van der Waals surface area contributed by atoms with E-state index in [1.807, 2.05) is 29.2 Å². The second-order valence-electron chi connectivity index (χ2n) is 7.30. The van der Waals surface area contributed by atoms with Crippen LogP contribution in [-0.2, 0) is 0 Å². The lowest BCUT2D eigenvalue weighted by Crippen LogP contribution is -2.32. The van der Waals surface area contributed by atoms with Gasteiger partial charge in [0, 0.05) is 41.4 Å². The third kappa shape index (κ3) is 3.58. The van der Waals surface area contributed by atoms with E-state index >= 15 is 0 Å². The number of thioether (sulfide) groups is 1. The van der Waals surface area contributed by atoms with Crippen LogP contribution >= 0.6 is 11.8 Å². The Labute approximate surface area is 168 Å². The van der Waals surface area contributed by atoms with Crippen LogP contribution in [0.2, 0.25) is 0 Å². The molecular weight excluding hydrogens is 374 g/mol. The van der Waals surface area contributed by atoms with Gasteiger partial charge in [0.05, 0.1) is 10.6 Å². The average molecular weight is 398 g/mol. The number of nitro benzene ring substituents is 1. The Bertz CT molecular complexity index is 912. The predicted molar refractivity (Wildman–Crippen MR) is 113 cm³/mol. The van der Waals surface area contributed by atoms with Gasteiger partial charge in [0.15, 0.2) is 0 Å². The number of rotatable bonds is 3. The van der Waals surface area contributed by atoms with Crippen molar-refractivity contribution < 1.29 is 9.72 Å². The largest absolute Gasteiger partial charge is 0.366 e. The first-order valence-electron chi connectivity index (χ1n) is 9.65. The highest BCUT2D eigenvalue weighted by atomic mass is 32.2. The number of hydrogen-bond donors (Lipinski definition) is 0. The summed E-state index contributed by atoms with van der Waals surface area (Å²) in [5, 5.41) is 12.1. The first kappa shape index (κ1) is 18.8. The second-order valence-corrected chi connectivity index (χ2v) is 8.78. The van der Waals surface area contributed by atoms with E-state index in [0.717, 1.165) is 42.9 Å². The van der Waals surface area contributed by atoms with Gasteiger partial charge in [-0.2, -0.15) is 0 Å². The van der Waals surface area contributed by atoms with E-state index in [1.54, 1.807) is 28.8 Å². The van der Waals surface area contributed by atoms with E-state index in [9.17, 15) is 14.9 Å². The number of amides is 1. The van der Waals surface area contributed by atoms with Crippen molar-refractivity contribution in [2.75, 3.05) is 29.4 Å². The van der Waals surface area contributed by atoms with Gasteiger partial charge in [0.1, 0.15) is 5.69 Å². The van der Waals surface area contributed by atoms with Gasteiger partial charge in [-0.15, -0.1) is 11.8 Å². The van der Waals surface area contributed by atoms with E-state index < -0.39 is 0 Å². The van der Waals surface area contributed by atoms with Crippen LogP contribution in [-0.4, -0.2) is 35.7 Å². The van der Waals surface area contributed by atoms with Crippen LogP contribution in [0.5, 0.6) is 0 Å². The Morgan fingerprint density at radius 3 is 2.61 bits per heavy atom. The SMILES string of the molecule is CC1CCN(C(=O)c2ccc(N3CCCC3)c([N+](=O)[O-])c2)c2ccccc2S1.